The summed E-state index contributed by atoms with van der Waals surface area (Å²) in [5.41, 5.74) is 4.08. The molecule has 68 valence electrons. The van der Waals surface area contributed by atoms with Crippen molar-refractivity contribution in [2.75, 3.05) is 5.43 Å². The fourth-order valence-corrected chi connectivity index (χ4v) is 1.98. The van der Waals surface area contributed by atoms with E-state index in [9.17, 15) is 0 Å². The molecule has 3 N–H and O–H groups in total. The molecule has 12 heavy (non-hydrogen) atoms. The van der Waals surface area contributed by atoms with Gasteiger partial charge in [0.05, 0.1) is 0 Å². The minimum Gasteiger partial charge on any atom is -0.315 e. The van der Waals surface area contributed by atoms with Crippen LogP contribution in [0.25, 0.3) is 0 Å². The van der Waals surface area contributed by atoms with E-state index in [2.05, 4.69) is 23.8 Å². The lowest BCUT2D eigenvalue weighted by molar-refractivity contribution is 0.719. The Morgan fingerprint density at radius 2 is 2.33 bits per heavy atom. The molecular weight excluding hydrogens is 168 g/mol. The fraction of sp³-hybridized carbons (Fsp3) is 0.556. The van der Waals surface area contributed by atoms with Crippen molar-refractivity contribution in [1.82, 2.24) is 0 Å². The van der Waals surface area contributed by atoms with Crippen LogP contribution in [0, 0.1) is 0 Å². The number of nitrogens with one attached hydrogen (secondary N) is 1. The molecule has 3 heteroatoms. The van der Waals surface area contributed by atoms with Gasteiger partial charge >= 0.3 is 0 Å². The molecule has 2 nitrogen and oxygen atoms in total. The summed E-state index contributed by atoms with van der Waals surface area (Å²) in [6, 6.07) is 2.15. The molecular formula is C9H16N2S. The number of rotatable bonds is 5. The van der Waals surface area contributed by atoms with Crippen molar-refractivity contribution in [2.24, 2.45) is 5.84 Å². The van der Waals surface area contributed by atoms with E-state index >= 15 is 0 Å². The van der Waals surface area contributed by atoms with Crippen LogP contribution >= 0.6 is 11.3 Å². The molecule has 0 unspecified atom stereocenters. The van der Waals surface area contributed by atoms with Crippen molar-refractivity contribution in [3.63, 3.8) is 0 Å². The number of hydrogen-bond acceptors (Lipinski definition) is 3. The van der Waals surface area contributed by atoms with Crippen molar-refractivity contribution in [3.8, 4) is 0 Å². The van der Waals surface area contributed by atoms with Crippen LogP contribution in [0.5, 0.6) is 0 Å². The molecule has 1 aromatic rings. The molecule has 1 aromatic heterocycles. The molecule has 0 aliphatic rings. The third kappa shape index (κ3) is 2.50. The monoisotopic (exact) mass is 184 g/mol. The van der Waals surface area contributed by atoms with Crippen LogP contribution in [0.1, 0.15) is 31.7 Å². The molecule has 0 amide bonds. The number of unbranched alkanes of at least 4 members (excludes halogenated alkanes) is 2. The molecule has 0 aliphatic carbocycles. The lowest BCUT2D eigenvalue weighted by Crippen LogP contribution is -2.06. The zero-order valence-corrected chi connectivity index (χ0v) is 8.29. The van der Waals surface area contributed by atoms with E-state index in [4.69, 9.17) is 5.84 Å². The maximum absolute atomic E-state index is 5.36. The van der Waals surface area contributed by atoms with Crippen molar-refractivity contribution in [3.05, 3.63) is 17.0 Å². The van der Waals surface area contributed by atoms with Gasteiger partial charge in [0, 0.05) is 0 Å². The van der Waals surface area contributed by atoms with Crippen LogP contribution in [0.15, 0.2) is 11.4 Å². The minimum absolute atomic E-state index is 1.12. The zero-order chi connectivity index (χ0) is 8.81. The lowest BCUT2D eigenvalue weighted by atomic mass is 10.1. The highest BCUT2D eigenvalue weighted by Crippen LogP contribution is 2.23. The van der Waals surface area contributed by atoms with E-state index < -0.39 is 0 Å². The number of anilines is 1. The molecule has 0 saturated carbocycles. The maximum Gasteiger partial charge on any atom is 0.106 e. The van der Waals surface area contributed by atoms with Gasteiger partial charge in [-0.3, -0.25) is 0 Å². The van der Waals surface area contributed by atoms with Crippen molar-refractivity contribution < 1.29 is 0 Å². The SMILES string of the molecule is CCCCCc1ccsc1NN. The molecule has 0 aliphatic heterocycles. The van der Waals surface area contributed by atoms with Gasteiger partial charge in [0.25, 0.3) is 0 Å². The van der Waals surface area contributed by atoms with Crippen LogP contribution in [0.2, 0.25) is 0 Å². The second-order valence-corrected chi connectivity index (χ2v) is 3.79. The smallest absolute Gasteiger partial charge is 0.106 e. The summed E-state index contributed by atoms with van der Waals surface area (Å²) in [5.74, 6) is 5.36. The first-order chi connectivity index (χ1) is 5.88. The number of thiophene rings is 1. The third-order valence-corrected chi connectivity index (χ3v) is 2.82. The predicted octanol–water partition coefficient (Wildman–Crippen LogP) is 2.77. The topological polar surface area (TPSA) is 38.0 Å². The molecule has 0 radical (unpaired) electrons. The maximum atomic E-state index is 5.36. The van der Waals surface area contributed by atoms with Gasteiger partial charge in [-0.15, -0.1) is 11.3 Å². The Morgan fingerprint density at radius 1 is 1.50 bits per heavy atom. The molecule has 0 spiro atoms. The van der Waals surface area contributed by atoms with Crippen LogP contribution in [-0.2, 0) is 6.42 Å². The Bertz CT molecular complexity index is 220. The quantitative estimate of drug-likeness (QED) is 0.419. The fourth-order valence-electron chi connectivity index (χ4n) is 1.22. The van der Waals surface area contributed by atoms with Crippen molar-refractivity contribution in [1.29, 1.82) is 0 Å². The summed E-state index contributed by atoms with van der Waals surface area (Å²) in [7, 11) is 0. The van der Waals surface area contributed by atoms with Crippen LogP contribution in [0.3, 0.4) is 0 Å². The van der Waals surface area contributed by atoms with Gasteiger partial charge in [-0.1, -0.05) is 19.8 Å². The standard InChI is InChI=1S/C9H16N2S/c1-2-3-4-5-8-6-7-12-9(8)11-10/h6-7,11H,2-5,10H2,1H3. The van der Waals surface area contributed by atoms with Crippen LogP contribution in [0.4, 0.5) is 5.00 Å². The summed E-state index contributed by atoms with van der Waals surface area (Å²) < 4.78 is 0. The highest BCUT2D eigenvalue weighted by atomic mass is 32.1. The van der Waals surface area contributed by atoms with E-state index in [-0.39, 0.29) is 0 Å². The molecule has 0 bridgehead atoms. The van der Waals surface area contributed by atoms with Crippen molar-refractivity contribution >= 4 is 16.3 Å². The van der Waals surface area contributed by atoms with Gasteiger partial charge in [0.1, 0.15) is 5.00 Å². The Labute approximate surface area is 77.8 Å². The highest BCUT2D eigenvalue weighted by molar-refractivity contribution is 7.14. The van der Waals surface area contributed by atoms with Gasteiger partial charge < -0.3 is 5.43 Å². The highest BCUT2D eigenvalue weighted by Gasteiger charge is 2.00. The summed E-state index contributed by atoms with van der Waals surface area (Å²) in [5, 5.41) is 3.20. The second kappa shape index (κ2) is 5.17. The average Bonchev–Trinajstić information content (AvgIpc) is 2.52. The number of hydrazine groups is 1. The Hall–Kier alpha value is -0.540. The Morgan fingerprint density at radius 3 is 3.00 bits per heavy atom. The molecule has 0 fully saturated rings. The van der Waals surface area contributed by atoms with Gasteiger partial charge in [0.2, 0.25) is 0 Å². The second-order valence-electron chi connectivity index (χ2n) is 2.88. The van der Waals surface area contributed by atoms with Gasteiger partial charge in [0.15, 0.2) is 0 Å². The van der Waals surface area contributed by atoms with E-state index in [0.717, 1.165) is 11.4 Å². The molecule has 1 heterocycles. The number of hydrogen-bond donors (Lipinski definition) is 2. The molecule has 0 aromatic carbocycles. The number of nitrogens with two attached hydrogens (primary N) is 1. The van der Waals surface area contributed by atoms with Gasteiger partial charge in [-0.05, 0) is 29.9 Å². The lowest BCUT2D eigenvalue weighted by Gasteiger charge is -2.01. The summed E-state index contributed by atoms with van der Waals surface area (Å²) in [4.78, 5) is 0. The first kappa shape index (κ1) is 9.55. The summed E-state index contributed by atoms with van der Waals surface area (Å²) in [6.07, 6.45) is 4.99. The van der Waals surface area contributed by atoms with Gasteiger partial charge in [-0.25, -0.2) is 5.84 Å². The Balaban J connectivity index is 2.39. The third-order valence-electron chi connectivity index (χ3n) is 1.93. The minimum atomic E-state index is 1.12. The zero-order valence-electron chi connectivity index (χ0n) is 7.47. The normalized spacial score (nSPS) is 10.2. The van der Waals surface area contributed by atoms with Gasteiger partial charge in [-0.2, -0.15) is 0 Å². The summed E-state index contributed by atoms with van der Waals surface area (Å²) >= 11 is 1.67. The molecule has 1 rings (SSSR count). The number of aryl methyl sites for hydroxylation is 1. The largest absolute Gasteiger partial charge is 0.315 e. The van der Waals surface area contributed by atoms with Crippen LogP contribution < -0.4 is 11.3 Å². The molecule has 0 saturated heterocycles. The van der Waals surface area contributed by atoms with E-state index in [1.807, 2.05) is 0 Å². The first-order valence-corrected chi connectivity index (χ1v) is 5.29. The van der Waals surface area contributed by atoms with E-state index in [0.29, 0.717) is 0 Å². The number of nitrogen functional groups attached to an aromatic ring is 1. The predicted molar refractivity (Wildman–Crippen MR) is 55.4 cm³/mol. The van der Waals surface area contributed by atoms with E-state index in [1.165, 1.54) is 24.8 Å². The first-order valence-electron chi connectivity index (χ1n) is 4.41. The Kier molecular flexibility index (Phi) is 4.11. The van der Waals surface area contributed by atoms with Crippen molar-refractivity contribution in [2.45, 2.75) is 32.6 Å². The molecule has 0 atom stereocenters. The van der Waals surface area contributed by atoms with Crippen LogP contribution in [-0.4, -0.2) is 0 Å². The van der Waals surface area contributed by atoms with E-state index in [1.54, 1.807) is 11.3 Å². The average molecular weight is 184 g/mol. The summed E-state index contributed by atoms with van der Waals surface area (Å²) in [6.45, 7) is 2.22.